The number of nitrogens with zero attached hydrogens (tertiary/aromatic N) is 2. The van der Waals surface area contributed by atoms with E-state index in [2.05, 4.69) is 0 Å². The van der Waals surface area contributed by atoms with Crippen molar-refractivity contribution < 1.29 is 24.2 Å². The monoisotopic (exact) mass is 370 g/mol. The number of amides is 2. The molecular weight excluding hydrogens is 348 g/mol. The molecule has 7 nitrogen and oxygen atoms in total. The van der Waals surface area contributed by atoms with Crippen LogP contribution in [-0.2, 0) is 0 Å². The Bertz CT molecular complexity index is 822. The van der Waals surface area contributed by atoms with Crippen LogP contribution in [0.5, 0.6) is 17.2 Å². The Morgan fingerprint density at radius 1 is 0.852 bits per heavy atom. The molecule has 1 N–H and O–H groups in total. The third-order valence-electron chi connectivity index (χ3n) is 4.59. The maximum atomic E-state index is 12.8. The van der Waals surface area contributed by atoms with Crippen molar-refractivity contribution in [3.8, 4) is 17.2 Å². The van der Waals surface area contributed by atoms with Crippen molar-refractivity contribution in [3.63, 3.8) is 0 Å². The highest BCUT2D eigenvalue weighted by molar-refractivity contribution is 5.97. The van der Waals surface area contributed by atoms with Crippen molar-refractivity contribution in [3.05, 3.63) is 53.6 Å². The Labute approximate surface area is 157 Å². The lowest BCUT2D eigenvalue weighted by atomic mass is 10.1. The van der Waals surface area contributed by atoms with Gasteiger partial charge >= 0.3 is 0 Å². The fraction of sp³-hybridized carbons (Fsp3) is 0.300. The molecule has 27 heavy (non-hydrogen) atoms. The molecule has 0 saturated carbocycles. The summed E-state index contributed by atoms with van der Waals surface area (Å²) in [6, 6.07) is 11.5. The van der Waals surface area contributed by atoms with Gasteiger partial charge < -0.3 is 24.4 Å². The van der Waals surface area contributed by atoms with Crippen molar-refractivity contribution >= 4 is 11.8 Å². The highest BCUT2D eigenvalue weighted by Gasteiger charge is 2.27. The summed E-state index contributed by atoms with van der Waals surface area (Å²) in [6.07, 6.45) is 0. The lowest BCUT2D eigenvalue weighted by Gasteiger charge is -2.35. The number of carbonyl (C=O) groups is 2. The van der Waals surface area contributed by atoms with Crippen LogP contribution in [-0.4, -0.2) is 67.1 Å². The molecule has 0 radical (unpaired) electrons. The lowest BCUT2D eigenvalue weighted by molar-refractivity contribution is 0.0533. The Hall–Kier alpha value is -3.22. The zero-order chi connectivity index (χ0) is 19.4. The maximum absolute atomic E-state index is 12.8. The normalized spacial score (nSPS) is 14.0. The van der Waals surface area contributed by atoms with Crippen LogP contribution in [0.2, 0.25) is 0 Å². The molecule has 2 amide bonds. The molecule has 0 bridgehead atoms. The molecule has 0 aliphatic carbocycles. The molecule has 1 fully saturated rings. The van der Waals surface area contributed by atoms with E-state index in [1.54, 1.807) is 46.2 Å². The molecule has 2 aromatic rings. The van der Waals surface area contributed by atoms with Gasteiger partial charge in [-0.1, -0.05) is 12.1 Å². The van der Waals surface area contributed by atoms with E-state index in [1.807, 2.05) is 0 Å². The fourth-order valence-electron chi connectivity index (χ4n) is 3.05. The van der Waals surface area contributed by atoms with E-state index in [1.165, 1.54) is 20.3 Å². The van der Waals surface area contributed by atoms with Crippen LogP contribution in [0.3, 0.4) is 0 Å². The van der Waals surface area contributed by atoms with Crippen LogP contribution in [0.15, 0.2) is 42.5 Å². The number of ether oxygens (including phenoxy) is 2. The van der Waals surface area contributed by atoms with Gasteiger partial charge in [0.2, 0.25) is 0 Å². The van der Waals surface area contributed by atoms with Gasteiger partial charge in [-0.15, -0.1) is 0 Å². The molecular formula is C20H22N2O5. The number of phenolic OH excluding ortho intramolecular Hbond substituents is 1. The number of aromatic hydroxyl groups is 1. The Morgan fingerprint density at radius 2 is 1.37 bits per heavy atom. The van der Waals surface area contributed by atoms with Crippen molar-refractivity contribution in [2.75, 3.05) is 40.4 Å². The molecule has 1 heterocycles. The van der Waals surface area contributed by atoms with Crippen molar-refractivity contribution in [1.29, 1.82) is 0 Å². The summed E-state index contributed by atoms with van der Waals surface area (Å²) in [5.41, 5.74) is 0.751. The number of benzene rings is 2. The maximum Gasteiger partial charge on any atom is 0.257 e. The zero-order valence-electron chi connectivity index (χ0n) is 15.3. The van der Waals surface area contributed by atoms with E-state index in [9.17, 15) is 14.7 Å². The molecule has 7 heteroatoms. The van der Waals surface area contributed by atoms with E-state index in [0.717, 1.165) is 0 Å². The van der Waals surface area contributed by atoms with Gasteiger partial charge in [0.05, 0.1) is 19.8 Å². The minimum atomic E-state index is -0.233. The molecule has 0 aromatic heterocycles. The molecule has 2 aromatic carbocycles. The number of methoxy groups -OCH3 is 2. The first-order chi connectivity index (χ1) is 13.0. The van der Waals surface area contributed by atoms with Gasteiger partial charge in [0.25, 0.3) is 11.8 Å². The Balaban J connectivity index is 1.68. The molecule has 0 unspecified atom stereocenters. The third-order valence-corrected chi connectivity index (χ3v) is 4.59. The van der Waals surface area contributed by atoms with Gasteiger partial charge in [-0.25, -0.2) is 0 Å². The van der Waals surface area contributed by atoms with Crippen LogP contribution in [0.4, 0.5) is 0 Å². The van der Waals surface area contributed by atoms with Gasteiger partial charge in [0.1, 0.15) is 17.2 Å². The average molecular weight is 370 g/mol. The summed E-state index contributed by atoms with van der Waals surface area (Å²) in [7, 11) is 3.07. The summed E-state index contributed by atoms with van der Waals surface area (Å²) in [4.78, 5) is 28.7. The van der Waals surface area contributed by atoms with Crippen molar-refractivity contribution in [2.24, 2.45) is 0 Å². The number of carbonyl (C=O) groups excluding carboxylic acids is 2. The summed E-state index contributed by atoms with van der Waals surface area (Å²) in [5, 5.41) is 9.86. The first kappa shape index (κ1) is 18.6. The van der Waals surface area contributed by atoms with E-state index in [0.29, 0.717) is 43.2 Å². The van der Waals surface area contributed by atoms with Gasteiger partial charge in [-0.2, -0.15) is 0 Å². The quantitative estimate of drug-likeness (QED) is 0.891. The summed E-state index contributed by atoms with van der Waals surface area (Å²) in [6.45, 7) is 1.63. The predicted octanol–water partition coefficient (Wildman–Crippen LogP) is 2.01. The third kappa shape index (κ3) is 3.97. The summed E-state index contributed by atoms with van der Waals surface area (Å²) < 4.78 is 10.4. The minimum Gasteiger partial charge on any atom is -0.507 e. The van der Waals surface area contributed by atoms with Gasteiger partial charge in [0.15, 0.2) is 0 Å². The zero-order valence-corrected chi connectivity index (χ0v) is 15.3. The standard InChI is InChI=1S/C20H22N2O5/c1-26-15-11-14(12-16(13-15)27-2)19(24)21-7-9-22(10-8-21)20(25)17-5-3-4-6-18(17)23/h3-6,11-13,23H,7-10H2,1-2H3. The first-order valence-electron chi connectivity index (χ1n) is 8.63. The Kier molecular flexibility index (Phi) is 5.49. The molecule has 1 aliphatic heterocycles. The van der Waals surface area contributed by atoms with Crippen LogP contribution < -0.4 is 9.47 Å². The van der Waals surface area contributed by atoms with Crippen LogP contribution >= 0.6 is 0 Å². The number of hydrogen-bond acceptors (Lipinski definition) is 5. The smallest absolute Gasteiger partial charge is 0.257 e. The predicted molar refractivity (Wildman–Crippen MR) is 99.5 cm³/mol. The molecule has 3 rings (SSSR count). The number of piperazine rings is 1. The lowest BCUT2D eigenvalue weighted by Crippen LogP contribution is -2.50. The second kappa shape index (κ2) is 7.99. The highest BCUT2D eigenvalue weighted by Crippen LogP contribution is 2.24. The van der Waals surface area contributed by atoms with Crippen LogP contribution in [0.1, 0.15) is 20.7 Å². The summed E-state index contributed by atoms with van der Waals surface area (Å²) >= 11 is 0. The second-order valence-electron chi connectivity index (χ2n) is 6.20. The summed E-state index contributed by atoms with van der Waals surface area (Å²) in [5.74, 6) is 0.687. The van der Waals surface area contributed by atoms with E-state index < -0.39 is 0 Å². The molecule has 0 spiro atoms. The fourth-order valence-corrected chi connectivity index (χ4v) is 3.05. The largest absolute Gasteiger partial charge is 0.507 e. The van der Waals surface area contributed by atoms with E-state index in [-0.39, 0.29) is 23.1 Å². The first-order valence-corrected chi connectivity index (χ1v) is 8.63. The van der Waals surface area contributed by atoms with Crippen molar-refractivity contribution in [2.45, 2.75) is 0 Å². The van der Waals surface area contributed by atoms with Crippen molar-refractivity contribution in [1.82, 2.24) is 9.80 Å². The topological polar surface area (TPSA) is 79.3 Å². The van der Waals surface area contributed by atoms with Crippen LogP contribution in [0, 0.1) is 0 Å². The second-order valence-corrected chi connectivity index (χ2v) is 6.20. The van der Waals surface area contributed by atoms with Crippen LogP contribution in [0.25, 0.3) is 0 Å². The number of hydrogen-bond donors (Lipinski definition) is 1. The van der Waals surface area contributed by atoms with Gasteiger partial charge in [0, 0.05) is 37.8 Å². The molecule has 1 aliphatic rings. The van der Waals surface area contributed by atoms with E-state index >= 15 is 0 Å². The number of rotatable bonds is 4. The average Bonchev–Trinajstić information content (AvgIpc) is 2.72. The number of phenols is 1. The van der Waals surface area contributed by atoms with Gasteiger partial charge in [-0.3, -0.25) is 9.59 Å². The molecule has 1 saturated heterocycles. The molecule has 0 atom stereocenters. The number of para-hydroxylation sites is 1. The Morgan fingerprint density at radius 3 is 1.89 bits per heavy atom. The van der Waals surface area contributed by atoms with E-state index in [4.69, 9.17) is 9.47 Å². The highest BCUT2D eigenvalue weighted by atomic mass is 16.5. The SMILES string of the molecule is COc1cc(OC)cc(C(=O)N2CCN(C(=O)c3ccccc3O)CC2)c1. The minimum absolute atomic E-state index is 0.0375. The molecule has 142 valence electrons. The van der Waals surface area contributed by atoms with Gasteiger partial charge in [-0.05, 0) is 24.3 Å².